The largest absolute Gasteiger partial charge is 0.370 e. The van der Waals surface area contributed by atoms with Gasteiger partial charge in [0.25, 0.3) is 0 Å². The Kier molecular flexibility index (Phi) is 6.20. The van der Waals surface area contributed by atoms with E-state index in [2.05, 4.69) is 52.4 Å². The zero-order chi connectivity index (χ0) is 25.2. The van der Waals surface area contributed by atoms with Gasteiger partial charge in [-0.3, -0.25) is 4.98 Å². The van der Waals surface area contributed by atoms with Crippen molar-refractivity contribution in [3.8, 4) is 22.4 Å². The SMILES string of the molecule is NC1(c2ccc(-c3nc4ccnc(COCc5ccnc(F)c5)c4cc3-c3ccccc3)cc2)CCC1. The Bertz CT molecular complexity index is 1550. The van der Waals surface area contributed by atoms with Gasteiger partial charge in [-0.2, -0.15) is 4.39 Å². The highest BCUT2D eigenvalue weighted by atomic mass is 19.1. The van der Waals surface area contributed by atoms with E-state index in [1.807, 2.05) is 24.3 Å². The van der Waals surface area contributed by atoms with Crippen LogP contribution in [0.25, 0.3) is 33.3 Å². The maximum atomic E-state index is 13.4. The lowest BCUT2D eigenvalue weighted by molar-refractivity contribution is 0.105. The van der Waals surface area contributed by atoms with Gasteiger partial charge in [-0.15, -0.1) is 0 Å². The lowest BCUT2D eigenvalue weighted by atomic mass is 9.72. The fourth-order valence-corrected chi connectivity index (χ4v) is 4.93. The van der Waals surface area contributed by atoms with Crippen LogP contribution in [0.15, 0.2) is 91.3 Å². The number of fused-ring (bicyclic) bond motifs is 1. The number of benzene rings is 2. The van der Waals surface area contributed by atoms with Crippen LogP contribution in [0, 0.1) is 5.95 Å². The molecule has 1 aliphatic rings. The Morgan fingerprint density at radius 2 is 1.62 bits per heavy atom. The van der Waals surface area contributed by atoms with E-state index in [1.165, 1.54) is 24.2 Å². The van der Waals surface area contributed by atoms with Crippen molar-refractivity contribution in [3.63, 3.8) is 0 Å². The normalized spacial score (nSPS) is 14.4. The summed E-state index contributed by atoms with van der Waals surface area (Å²) in [5, 5.41) is 0.929. The average molecular weight is 491 g/mol. The van der Waals surface area contributed by atoms with Crippen molar-refractivity contribution in [2.45, 2.75) is 38.0 Å². The highest BCUT2D eigenvalue weighted by Gasteiger charge is 2.34. The maximum absolute atomic E-state index is 13.4. The highest BCUT2D eigenvalue weighted by molar-refractivity contribution is 5.92. The molecule has 6 heteroatoms. The van der Waals surface area contributed by atoms with Gasteiger partial charge in [0.05, 0.1) is 30.1 Å². The van der Waals surface area contributed by atoms with Gasteiger partial charge in [-0.05, 0) is 60.2 Å². The topological polar surface area (TPSA) is 73.9 Å². The summed E-state index contributed by atoms with van der Waals surface area (Å²) in [7, 11) is 0. The molecule has 0 atom stereocenters. The molecular weight excluding hydrogens is 463 g/mol. The lowest BCUT2D eigenvalue weighted by Gasteiger charge is -2.38. The second-order valence-electron chi connectivity index (χ2n) is 9.64. The van der Waals surface area contributed by atoms with Crippen LogP contribution in [-0.4, -0.2) is 15.0 Å². The lowest BCUT2D eigenvalue weighted by Crippen LogP contribution is -2.43. The molecule has 1 fully saturated rings. The minimum atomic E-state index is -0.518. The van der Waals surface area contributed by atoms with E-state index in [0.29, 0.717) is 0 Å². The molecule has 0 amide bonds. The minimum absolute atomic E-state index is 0.194. The summed E-state index contributed by atoms with van der Waals surface area (Å²) in [5.41, 5.74) is 14.0. The number of pyridine rings is 3. The monoisotopic (exact) mass is 490 g/mol. The summed E-state index contributed by atoms with van der Waals surface area (Å²) < 4.78 is 19.3. The van der Waals surface area contributed by atoms with Crippen LogP contribution >= 0.6 is 0 Å². The molecule has 5 nitrogen and oxygen atoms in total. The van der Waals surface area contributed by atoms with E-state index in [-0.39, 0.29) is 18.8 Å². The molecule has 0 spiro atoms. The fraction of sp³-hybridized carbons (Fsp3) is 0.194. The van der Waals surface area contributed by atoms with Gasteiger partial charge >= 0.3 is 0 Å². The van der Waals surface area contributed by atoms with Crippen LogP contribution < -0.4 is 5.73 Å². The van der Waals surface area contributed by atoms with E-state index in [4.69, 9.17) is 15.5 Å². The van der Waals surface area contributed by atoms with Crippen molar-refractivity contribution < 1.29 is 9.13 Å². The molecule has 5 aromatic rings. The van der Waals surface area contributed by atoms with Gasteiger partial charge in [0.1, 0.15) is 0 Å². The number of aromatic nitrogens is 3. The third-order valence-electron chi connectivity index (χ3n) is 7.19. The standard InChI is InChI=1S/C31H27FN4O/c32-29-17-21(11-15-35-29)19-37-20-28-26-18-25(22-5-2-1-3-6-22)30(36-27(26)12-16-34-28)23-7-9-24(10-8-23)31(33)13-4-14-31/h1-3,5-12,15-18H,4,13-14,19-20,33H2. The zero-order valence-corrected chi connectivity index (χ0v) is 20.4. The van der Waals surface area contributed by atoms with E-state index in [9.17, 15) is 4.39 Å². The number of ether oxygens (including phenoxy) is 1. The number of halogens is 1. The first kappa shape index (κ1) is 23.4. The first-order valence-corrected chi connectivity index (χ1v) is 12.5. The van der Waals surface area contributed by atoms with E-state index in [0.717, 1.165) is 57.4 Å². The number of rotatable bonds is 7. The Hall–Kier alpha value is -4.00. The summed E-state index contributed by atoms with van der Waals surface area (Å²) in [5.74, 6) is -0.518. The van der Waals surface area contributed by atoms with E-state index >= 15 is 0 Å². The van der Waals surface area contributed by atoms with Gasteiger partial charge in [-0.1, -0.05) is 54.6 Å². The molecule has 0 unspecified atom stereocenters. The van der Waals surface area contributed by atoms with Gasteiger partial charge < -0.3 is 10.5 Å². The molecular formula is C31H27FN4O. The molecule has 0 bridgehead atoms. The molecule has 3 heterocycles. The quantitative estimate of drug-likeness (QED) is 0.262. The molecule has 1 aliphatic carbocycles. The Balaban J connectivity index is 1.37. The summed E-state index contributed by atoms with van der Waals surface area (Å²) in [6.45, 7) is 0.549. The first-order chi connectivity index (χ1) is 18.1. The van der Waals surface area contributed by atoms with Gasteiger partial charge in [-0.25, -0.2) is 9.97 Å². The van der Waals surface area contributed by atoms with Crippen LogP contribution in [0.1, 0.15) is 36.1 Å². The smallest absolute Gasteiger partial charge is 0.213 e. The zero-order valence-electron chi connectivity index (χ0n) is 20.4. The second kappa shape index (κ2) is 9.81. The van der Waals surface area contributed by atoms with Crippen LogP contribution in [0.2, 0.25) is 0 Å². The number of hydrogen-bond donors (Lipinski definition) is 1. The predicted molar refractivity (Wildman–Crippen MR) is 143 cm³/mol. The molecule has 0 aliphatic heterocycles. The molecule has 2 N–H and O–H groups in total. The van der Waals surface area contributed by atoms with Crippen LogP contribution in [0.4, 0.5) is 4.39 Å². The molecule has 3 aromatic heterocycles. The maximum Gasteiger partial charge on any atom is 0.213 e. The Labute approximate surface area is 215 Å². The fourth-order valence-electron chi connectivity index (χ4n) is 4.93. The van der Waals surface area contributed by atoms with Crippen LogP contribution in [-0.2, 0) is 23.5 Å². The van der Waals surface area contributed by atoms with Crippen molar-refractivity contribution in [1.29, 1.82) is 0 Å². The summed E-state index contributed by atoms with van der Waals surface area (Å²) in [6, 6.07) is 26.0. The minimum Gasteiger partial charge on any atom is -0.370 e. The molecule has 6 rings (SSSR count). The van der Waals surface area contributed by atoms with Crippen molar-refractivity contribution >= 4 is 10.9 Å². The first-order valence-electron chi connectivity index (χ1n) is 12.5. The molecule has 0 saturated heterocycles. The van der Waals surface area contributed by atoms with Crippen LogP contribution in [0.3, 0.4) is 0 Å². The summed E-state index contributed by atoms with van der Waals surface area (Å²) in [4.78, 5) is 13.3. The van der Waals surface area contributed by atoms with Gasteiger partial charge in [0, 0.05) is 34.4 Å². The molecule has 0 radical (unpaired) electrons. The second-order valence-corrected chi connectivity index (χ2v) is 9.64. The van der Waals surface area contributed by atoms with Crippen LogP contribution in [0.5, 0.6) is 0 Å². The summed E-state index contributed by atoms with van der Waals surface area (Å²) in [6.07, 6.45) is 6.44. The van der Waals surface area contributed by atoms with Crippen molar-refractivity contribution in [2.75, 3.05) is 0 Å². The summed E-state index contributed by atoms with van der Waals surface area (Å²) >= 11 is 0. The molecule has 37 heavy (non-hydrogen) atoms. The Morgan fingerprint density at radius 3 is 2.35 bits per heavy atom. The predicted octanol–water partition coefficient (Wildman–Crippen LogP) is 6.55. The Morgan fingerprint density at radius 1 is 0.838 bits per heavy atom. The highest BCUT2D eigenvalue weighted by Crippen LogP contribution is 2.40. The number of nitrogens with two attached hydrogens (primary N) is 1. The van der Waals surface area contributed by atoms with Gasteiger partial charge in [0.2, 0.25) is 5.95 Å². The average Bonchev–Trinajstić information content (AvgIpc) is 2.92. The molecule has 184 valence electrons. The number of hydrogen-bond acceptors (Lipinski definition) is 5. The van der Waals surface area contributed by atoms with Gasteiger partial charge in [0.15, 0.2) is 0 Å². The van der Waals surface area contributed by atoms with E-state index in [1.54, 1.807) is 12.3 Å². The van der Waals surface area contributed by atoms with Crippen molar-refractivity contribution in [1.82, 2.24) is 15.0 Å². The van der Waals surface area contributed by atoms with Crippen molar-refractivity contribution in [2.24, 2.45) is 5.73 Å². The van der Waals surface area contributed by atoms with Crippen molar-refractivity contribution in [3.05, 3.63) is 114 Å². The molecule has 1 saturated carbocycles. The third kappa shape index (κ3) is 4.73. The van der Waals surface area contributed by atoms with E-state index < -0.39 is 5.95 Å². The number of nitrogens with zero attached hydrogens (tertiary/aromatic N) is 3. The third-order valence-corrected chi connectivity index (χ3v) is 7.19. The molecule has 2 aromatic carbocycles.